The number of nitrogens with zero attached hydrogens (tertiary/aromatic N) is 2. The molecule has 0 saturated carbocycles. The molecule has 0 aliphatic heterocycles. The van der Waals surface area contributed by atoms with E-state index in [0.717, 1.165) is 18.2 Å². The van der Waals surface area contributed by atoms with E-state index in [1.165, 1.54) is 24.3 Å². The average Bonchev–Trinajstić information content (AvgIpc) is 2.59. The summed E-state index contributed by atoms with van der Waals surface area (Å²) in [7, 11) is 0. The summed E-state index contributed by atoms with van der Waals surface area (Å²) >= 11 is 0. The zero-order valence-corrected chi connectivity index (χ0v) is 12.7. The molecule has 0 radical (unpaired) electrons. The maximum Gasteiger partial charge on any atom is 0.277 e. The molecule has 2 rings (SSSR count). The number of nitro benzene ring substituents is 2. The smallest absolute Gasteiger partial charge is 0.277 e. The SMILES string of the molecule is C.O=C(NCCOc1ccc(F)cc1)c1cc([N+](=O)[O-])cc([N+](=O)[O-])c1. The van der Waals surface area contributed by atoms with E-state index < -0.39 is 32.9 Å². The van der Waals surface area contributed by atoms with Gasteiger partial charge in [0.15, 0.2) is 0 Å². The Morgan fingerprint density at radius 1 is 1.04 bits per heavy atom. The molecule has 0 saturated heterocycles. The highest BCUT2D eigenvalue weighted by atomic mass is 19.1. The Hall–Kier alpha value is -3.56. The number of carbonyl (C=O) groups is 1. The Kier molecular flexibility index (Phi) is 7.14. The van der Waals surface area contributed by atoms with E-state index in [1.54, 1.807) is 0 Å². The van der Waals surface area contributed by atoms with Crippen molar-refractivity contribution in [3.05, 3.63) is 74.1 Å². The van der Waals surface area contributed by atoms with E-state index >= 15 is 0 Å². The number of rotatable bonds is 7. The summed E-state index contributed by atoms with van der Waals surface area (Å²) in [5, 5.41) is 24.0. The van der Waals surface area contributed by atoms with Gasteiger partial charge >= 0.3 is 0 Å². The number of non-ortho nitro benzene ring substituents is 2. The second kappa shape index (κ2) is 9.06. The maximum atomic E-state index is 12.7. The van der Waals surface area contributed by atoms with Crippen LogP contribution >= 0.6 is 0 Å². The van der Waals surface area contributed by atoms with Gasteiger partial charge in [-0.05, 0) is 24.3 Å². The molecule has 0 spiro atoms. The van der Waals surface area contributed by atoms with Gasteiger partial charge in [-0.25, -0.2) is 4.39 Å². The van der Waals surface area contributed by atoms with E-state index in [1.807, 2.05) is 0 Å². The summed E-state index contributed by atoms with van der Waals surface area (Å²) in [4.78, 5) is 31.9. The van der Waals surface area contributed by atoms with E-state index in [-0.39, 0.29) is 26.1 Å². The molecule has 2 aromatic carbocycles. The molecule has 138 valence electrons. The number of halogens is 1. The fourth-order valence-electron chi connectivity index (χ4n) is 1.90. The van der Waals surface area contributed by atoms with Gasteiger partial charge in [0.05, 0.1) is 28.0 Å². The fraction of sp³-hybridized carbons (Fsp3) is 0.188. The third-order valence-corrected chi connectivity index (χ3v) is 3.06. The molecular formula is C16H16FN3O6. The lowest BCUT2D eigenvalue weighted by atomic mass is 10.1. The summed E-state index contributed by atoms with van der Waals surface area (Å²) < 4.78 is 18.0. The van der Waals surface area contributed by atoms with E-state index in [2.05, 4.69) is 5.32 Å². The van der Waals surface area contributed by atoms with Crippen LogP contribution in [0.4, 0.5) is 15.8 Å². The number of ether oxygens (including phenoxy) is 1. The van der Waals surface area contributed by atoms with Gasteiger partial charge in [0.2, 0.25) is 0 Å². The molecule has 1 N–H and O–H groups in total. The van der Waals surface area contributed by atoms with Crippen LogP contribution in [0.3, 0.4) is 0 Å². The van der Waals surface area contributed by atoms with Crippen molar-refractivity contribution in [1.29, 1.82) is 0 Å². The van der Waals surface area contributed by atoms with Crippen LogP contribution < -0.4 is 10.1 Å². The lowest BCUT2D eigenvalue weighted by molar-refractivity contribution is -0.394. The topological polar surface area (TPSA) is 125 Å². The first-order valence-corrected chi connectivity index (χ1v) is 6.97. The predicted molar refractivity (Wildman–Crippen MR) is 90.7 cm³/mol. The van der Waals surface area contributed by atoms with Gasteiger partial charge in [0.25, 0.3) is 17.3 Å². The molecule has 2 aromatic rings. The molecule has 0 aromatic heterocycles. The Balaban J connectivity index is 0.00000338. The van der Waals surface area contributed by atoms with E-state index in [0.29, 0.717) is 5.75 Å². The number of carbonyl (C=O) groups excluding carboxylic acids is 1. The second-order valence-electron chi connectivity index (χ2n) is 4.81. The molecule has 1 amide bonds. The monoisotopic (exact) mass is 365 g/mol. The highest BCUT2D eigenvalue weighted by Crippen LogP contribution is 2.22. The summed E-state index contributed by atoms with van der Waals surface area (Å²) in [5.74, 6) is -0.718. The molecule has 0 aliphatic carbocycles. The molecule has 0 atom stereocenters. The number of amides is 1. The lowest BCUT2D eigenvalue weighted by Crippen LogP contribution is -2.28. The predicted octanol–water partition coefficient (Wildman–Crippen LogP) is 3.09. The molecule has 9 nitrogen and oxygen atoms in total. The minimum Gasteiger partial charge on any atom is -0.492 e. The molecular weight excluding hydrogens is 349 g/mol. The minimum atomic E-state index is -0.818. The number of benzene rings is 2. The van der Waals surface area contributed by atoms with Crippen LogP contribution in [0.15, 0.2) is 42.5 Å². The van der Waals surface area contributed by atoms with Gasteiger partial charge in [-0.3, -0.25) is 25.0 Å². The van der Waals surface area contributed by atoms with Gasteiger partial charge in [-0.15, -0.1) is 0 Å². The van der Waals surface area contributed by atoms with Crippen LogP contribution in [0.25, 0.3) is 0 Å². The normalized spacial score (nSPS) is 9.73. The van der Waals surface area contributed by atoms with Crippen molar-refractivity contribution in [2.45, 2.75) is 7.43 Å². The van der Waals surface area contributed by atoms with Crippen molar-refractivity contribution in [2.75, 3.05) is 13.2 Å². The van der Waals surface area contributed by atoms with Crippen molar-refractivity contribution >= 4 is 17.3 Å². The molecule has 10 heteroatoms. The van der Waals surface area contributed by atoms with Crippen molar-refractivity contribution < 1.29 is 23.8 Å². The minimum absolute atomic E-state index is 0. The quantitative estimate of drug-likeness (QED) is 0.457. The molecule has 0 heterocycles. The average molecular weight is 365 g/mol. The molecule has 0 fully saturated rings. The van der Waals surface area contributed by atoms with Crippen molar-refractivity contribution in [3.63, 3.8) is 0 Å². The van der Waals surface area contributed by atoms with Gasteiger partial charge in [0, 0.05) is 12.1 Å². The zero-order chi connectivity index (χ0) is 18.4. The van der Waals surface area contributed by atoms with Crippen LogP contribution in [0.1, 0.15) is 17.8 Å². The first kappa shape index (κ1) is 20.5. The first-order valence-electron chi connectivity index (χ1n) is 6.97. The fourth-order valence-corrected chi connectivity index (χ4v) is 1.90. The molecule has 0 unspecified atom stereocenters. The number of nitro groups is 2. The lowest BCUT2D eigenvalue weighted by Gasteiger charge is -2.08. The maximum absolute atomic E-state index is 12.7. The number of hydrogen-bond acceptors (Lipinski definition) is 6. The van der Waals surface area contributed by atoms with Crippen molar-refractivity contribution in [3.8, 4) is 5.75 Å². The van der Waals surface area contributed by atoms with Crippen molar-refractivity contribution in [2.24, 2.45) is 0 Å². The van der Waals surface area contributed by atoms with Crippen molar-refractivity contribution in [1.82, 2.24) is 5.32 Å². The highest BCUT2D eigenvalue weighted by molar-refractivity contribution is 5.95. The number of hydrogen-bond donors (Lipinski definition) is 1. The molecule has 0 aliphatic rings. The summed E-state index contributed by atoms with van der Waals surface area (Å²) in [6, 6.07) is 7.94. The summed E-state index contributed by atoms with van der Waals surface area (Å²) in [6.45, 7) is 0.112. The summed E-state index contributed by atoms with van der Waals surface area (Å²) in [6.07, 6.45) is 0. The third-order valence-electron chi connectivity index (χ3n) is 3.06. The van der Waals surface area contributed by atoms with Gasteiger partial charge in [0.1, 0.15) is 18.2 Å². The van der Waals surface area contributed by atoms with Gasteiger partial charge in [-0.2, -0.15) is 0 Å². The third kappa shape index (κ3) is 5.51. The Labute approximate surface area is 147 Å². The standard InChI is InChI=1S/C15H12FN3O6.CH4/c16-11-1-3-14(4-2-11)25-6-5-17-15(20)10-7-12(18(21)22)9-13(8-10)19(23)24;/h1-4,7-9H,5-6H2,(H,17,20);1H4. The molecule has 0 bridgehead atoms. The van der Waals surface area contributed by atoms with Crippen LogP contribution in [0.5, 0.6) is 5.75 Å². The van der Waals surface area contributed by atoms with Crippen LogP contribution in [0.2, 0.25) is 0 Å². The van der Waals surface area contributed by atoms with E-state index in [4.69, 9.17) is 4.74 Å². The second-order valence-corrected chi connectivity index (χ2v) is 4.81. The van der Waals surface area contributed by atoms with E-state index in [9.17, 15) is 29.4 Å². The Morgan fingerprint density at radius 3 is 2.08 bits per heavy atom. The first-order chi connectivity index (χ1) is 11.9. The largest absolute Gasteiger partial charge is 0.492 e. The van der Waals surface area contributed by atoms with Crippen LogP contribution in [-0.4, -0.2) is 28.9 Å². The zero-order valence-electron chi connectivity index (χ0n) is 12.7. The number of nitrogens with one attached hydrogen (secondary N) is 1. The molecule has 26 heavy (non-hydrogen) atoms. The Bertz CT molecular complexity index is 778. The highest BCUT2D eigenvalue weighted by Gasteiger charge is 2.19. The van der Waals surface area contributed by atoms with Crippen LogP contribution in [-0.2, 0) is 0 Å². The van der Waals surface area contributed by atoms with Gasteiger partial charge in [-0.1, -0.05) is 7.43 Å². The Morgan fingerprint density at radius 2 is 1.58 bits per heavy atom. The summed E-state index contributed by atoms with van der Waals surface area (Å²) in [5.41, 5.74) is -1.31. The van der Waals surface area contributed by atoms with Crippen LogP contribution in [0, 0.1) is 26.0 Å². The van der Waals surface area contributed by atoms with Gasteiger partial charge < -0.3 is 10.1 Å².